The van der Waals surface area contributed by atoms with Gasteiger partial charge >= 0.3 is 0 Å². The van der Waals surface area contributed by atoms with Crippen molar-refractivity contribution in [1.29, 1.82) is 0 Å². The van der Waals surface area contributed by atoms with Crippen molar-refractivity contribution in [2.45, 2.75) is 5.41 Å². The Morgan fingerprint density at radius 2 is 0.820 bits per heavy atom. The average molecular weight is 779 g/mol. The minimum absolute atomic E-state index is 0.687. The SMILES string of the molecule is c1ccc(-n2c3ccccc3c3c4c5ccccc5n(-c5cccc(C(c6ccccc6)(c6ccccc6)c6cccc(-c7cnc8ccccc8n7)c6)c5)c4ccc32)cc1. The molecule has 0 saturated carbocycles. The quantitative estimate of drug-likeness (QED) is 0.151. The van der Waals surface area contributed by atoms with Crippen LogP contribution in [0.4, 0.5) is 0 Å². The van der Waals surface area contributed by atoms with Crippen LogP contribution in [-0.2, 0) is 5.41 Å². The van der Waals surface area contributed by atoms with E-state index in [1.165, 1.54) is 54.7 Å². The smallest absolute Gasteiger partial charge is 0.0894 e. The molecule has 12 rings (SSSR count). The summed E-state index contributed by atoms with van der Waals surface area (Å²) in [6.07, 6.45) is 1.89. The van der Waals surface area contributed by atoms with Gasteiger partial charge in [-0.2, -0.15) is 0 Å². The molecule has 4 heteroatoms. The summed E-state index contributed by atoms with van der Waals surface area (Å²) in [5.74, 6) is 0. The summed E-state index contributed by atoms with van der Waals surface area (Å²) < 4.78 is 4.87. The first-order valence-electron chi connectivity index (χ1n) is 20.8. The standard InChI is InChI=1S/C57H38N4/c1-4-19-40(20-5-1)57(41-21-6-2-7-22-41,42-23-16-18-39(36-42)50-38-58-48-30-12-13-31-49(48)59-50)43-24-17-27-45(37-43)61-52-33-15-11-29-47(52)56-54(61)35-34-53-55(56)46-28-10-14-32-51(46)60(53)44-25-8-3-9-26-44/h1-38H. The van der Waals surface area contributed by atoms with Gasteiger partial charge in [0.05, 0.1) is 50.4 Å². The van der Waals surface area contributed by atoms with Gasteiger partial charge in [-0.1, -0.05) is 158 Å². The van der Waals surface area contributed by atoms with Gasteiger partial charge in [0.1, 0.15) is 0 Å². The van der Waals surface area contributed by atoms with Crippen molar-refractivity contribution in [2.24, 2.45) is 0 Å². The summed E-state index contributed by atoms with van der Waals surface area (Å²) in [7, 11) is 0. The highest BCUT2D eigenvalue weighted by Gasteiger charge is 2.39. The molecule has 0 N–H and O–H groups in total. The van der Waals surface area contributed by atoms with Crippen LogP contribution in [0.5, 0.6) is 0 Å². The summed E-state index contributed by atoms with van der Waals surface area (Å²) in [4.78, 5) is 9.88. The Kier molecular flexibility index (Phi) is 8.04. The maximum Gasteiger partial charge on any atom is 0.0894 e. The number of rotatable bonds is 7. The van der Waals surface area contributed by atoms with Crippen molar-refractivity contribution < 1.29 is 0 Å². The van der Waals surface area contributed by atoms with E-state index in [0.29, 0.717) is 0 Å². The van der Waals surface area contributed by atoms with Crippen LogP contribution in [0.2, 0.25) is 0 Å². The van der Waals surface area contributed by atoms with E-state index in [1.54, 1.807) is 0 Å². The fourth-order valence-electron chi connectivity index (χ4n) is 9.91. The van der Waals surface area contributed by atoms with E-state index in [-0.39, 0.29) is 0 Å². The molecule has 286 valence electrons. The molecule has 61 heavy (non-hydrogen) atoms. The fraction of sp³-hybridized carbons (Fsp3) is 0.0175. The normalized spacial score (nSPS) is 11.9. The van der Waals surface area contributed by atoms with Crippen molar-refractivity contribution in [2.75, 3.05) is 0 Å². The monoisotopic (exact) mass is 778 g/mol. The Bertz CT molecular complexity index is 3550. The van der Waals surface area contributed by atoms with Gasteiger partial charge in [0.25, 0.3) is 0 Å². The molecule has 0 bridgehead atoms. The summed E-state index contributed by atoms with van der Waals surface area (Å²) in [5.41, 5.74) is 14.6. The van der Waals surface area contributed by atoms with Crippen LogP contribution in [0.3, 0.4) is 0 Å². The molecule has 0 radical (unpaired) electrons. The molecule has 0 aliphatic carbocycles. The predicted molar refractivity (Wildman–Crippen MR) is 252 cm³/mol. The second kappa shape index (κ2) is 14.0. The highest BCUT2D eigenvalue weighted by atomic mass is 15.0. The van der Waals surface area contributed by atoms with Gasteiger partial charge in [-0.25, -0.2) is 4.98 Å². The Labute approximate surface area is 353 Å². The molecule has 3 aromatic heterocycles. The molecule has 0 amide bonds. The first-order valence-corrected chi connectivity index (χ1v) is 20.8. The molecule has 0 fully saturated rings. The summed E-state index contributed by atoms with van der Waals surface area (Å²) in [5, 5.41) is 4.99. The topological polar surface area (TPSA) is 35.6 Å². The third kappa shape index (κ3) is 5.39. The summed E-state index contributed by atoms with van der Waals surface area (Å²) in [6, 6.07) is 81.0. The zero-order valence-electron chi connectivity index (χ0n) is 33.2. The number of hydrogen-bond donors (Lipinski definition) is 0. The van der Waals surface area contributed by atoms with Crippen LogP contribution in [0.25, 0.3) is 77.3 Å². The number of para-hydroxylation sites is 5. The van der Waals surface area contributed by atoms with E-state index in [9.17, 15) is 0 Å². The molecule has 0 aliphatic heterocycles. The molecule has 0 spiro atoms. The lowest BCUT2D eigenvalue weighted by molar-refractivity contribution is 0.744. The van der Waals surface area contributed by atoms with Crippen molar-refractivity contribution in [3.05, 3.63) is 253 Å². The molecular formula is C57H38N4. The first-order chi connectivity index (χ1) is 30.3. The zero-order valence-corrected chi connectivity index (χ0v) is 33.2. The summed E-state index contributed by atoms with van der Waals surface area (Å²) >= 11 is 0. The third-order valence-corrected chi connectivity index (χ3v) is 12.5. The number of hydrogen-bond acceptors (Lipinski definition) is 2. The van der Waals surface area contributed by atoms with Gasteiger partial charge in [-0.3, -0.25) is 4.98 Å². The zero-order chi connectivity index (χ0) is 40.3. The largest absolute Gasteiger partial charge is 0.309 e. The molecule has 0 aliphatic rings. The second-order valence-corrected chi connectivity index (χ2v) is 15.8. The van der Waals surface area contributed by atoms with Gasteiger partial charge in [-0.15, -0.1) is 0 Å². The number of aromatic nitrogens is 4. The predicted octanol–water partition coefficient (Wildman–Crippen LogP) is 13.9. The molecule has 4 nitrogen and oxygen atoms in total. The van der Waals surface area contributed by atoms with Gasteiger partial charge in [-0.05, 0) is 89.0 Å². The highest BCUT2D eigenvalue weighted by Crippen LogP contribution is 2.48. The van der Waals surface area contributed by atoms with Crippen LogP contribution in [0.15, 0.2) is 231 Å². The molecule has 9 aromatic carbocycles. The highest BCUT2D eigenvalue weighted by molar-refractivity contribution is 6.28. The summed E-state index contributed by atoms with van der Waals surface area (Å²) in [6.45, 7) is 0. The minimum Gasteiger partial charge on any atom is -0.309 e. The van der Waals surface area contributed by atoms with Gasteiger partial charge in [0.15, 0.2) is 0 Å². The maximum absolute atomic E-state index is 5.08. The molecule has 0 atom stereocenters. The van der Waals surface area contributed by atoms with Crippen LogP contribution < -0.4 is 0 Å². The second-order valence-electron chi connectivity index (χ2n) is 15.8. The lowest BCUT2D eigenvalue weighted by atomic mass is 9.65. The van der Waals surface area contributed by atoms with Gasteiger partial charge < -0.3 is 9.13 Å². The van der Waals surface area contributed by atoms with Crippen LogP contribution >= 0.6 is 0 Å². The molecular weight excluding hydrogens is 741 g/mol. The molecule has 12 aromatic rings. The van der Waals surface area contributed by atoms with Gasteiger partial charge in [0.2, 0.25) is 0 Å². The van der Waals surface area contributed by atoms with E-state index >= 15 is 0 Å². The van der Waals surface area contributed by atoms with E-state index in [1.807, 2.05) is 30.5 Å². The molecule has 0 saturated heterocycles. The van der Waals surface area contributed by atoms with Crippen molar-refractivity contribution in [1.82, 2.24) is 19.1 Å². The average Bonchev–Trinajstić information content (AvgIpc) is 3.86. The van der Waals surface area contributed by atoms with Crippen LogP contribution in [0, 0.1) is 0 Å². The Morgan fingerprint density at radius 3 is 1.46 bits per heavy atom. The lowest BCUT2D eigenvalue weighted by Crippen LogP contribution is -2.31. The molecule has 3 heterocycles. The maximum atomic E-state index is 5.08. The van der Waals surface area contributed by atoms with E-state index in [2.05, 4.69) is 209 Å². The Hall–Kier alpha value is -8.08. The third-order valence-electron chi connectivity index (χ3n) is 12.5. The Balaban J connectivity index is 1.13. The number of fused-ring (bicyclic) bond motifs is 8. The van der Waals surface area contributed by atoms with Crippen molar-refractivity contribution in [3.63, 3.8) is 0 Å². The minimum atomic E-state index is -0.687. The van der Waals surface area contributed by atoms with Crippen LogP contribution in [-0.4, -0.2) is 19.1 Å². The number of nitrogens with zero attached hydrogens (tertiary/aromatic N) is 4. The lowest BCUT2D eigenvalue weighted by Gasteiger charge is -2.37. The van der Waals surface area contributed by atoms with Crippen molar-refractivity contribution in [3.8, 4) is 22.6 Å². The van der Waals surface area contributed by atoms with E-state index in [4.69, 9.17) is 9.97 Å². The van der Waals surface area contributed by atoms with Crippen LogP contribution in [0.1, 0.15) is 22.3 Å². The molecule has 0 unspecified atom stereocenters. The first kappa shape index (κ1) is 34.9. The van der Waals surface area contributed by atoms with E-state index < -0.39 is 5.41 Å². The van der Waals surface area contributed by atoms with Gasteiger partial charge in [0, 0.05) is 38.5 Å². The Morgan fingerprint density at radius 1 is 0.344 bits per heavy atom. The fourth-order valence-corrected chi connectivity index (χ4v) is 9.91. The van der Waals surface area contributed by atoms with Crippen molar-refractivity contribution >= 4 is 54.6 Å². The number of benzene rings is 9. The van der Waals surface area contributed by atoms with E-state index in [0.717, 1.165) is 44.8 Å².